The SMILES string of the molecule is CCCCNC(=O)C(C)N(Cc1ccc(F)cc1)C(=O)CN(c1ccc(OCC)cc1)S(=O)(=O)c1ccc(SC)cc1. The molecule has 1 atom stereocenters. The molecule has 8 nitrogen and oxygen atoms in total. The predicted molar refractivity (Wildman–Crippen MR) is 165 cm³/mol. The van der Waals surface area contributed by atoms with Crippen LogP contribution in [0.3, 0.4) is 0 Å². The molecular formula is C31H38FN3O5S2. The van der Waals surface area contributed by atoms with Gasteiger partial charge in [-0.3, -0.25) is 13.9 Å². The summed E-state index contributed by atoms with van der Waals surface area (Å²) in [5, 5.41) is 2.84. The van der Waals surface area contributed by atoms with Crippen molar-refractivity contribution in [1.82, 2.24) is 10.2 Å². The van der Waals surface area contributed by atoms with Crippen LogP contribution in [0.5, 0.6) is 5.75 Å². The second-order valence-corrected chi connectivity index (χ2v) is 12.3. The molecule has 0 aromatic heterocycles. The summed E-state index contributed by atoms with van der Waals surface area (Å²) in [7, 11) is -4.19. The van der Waals surface area contributed by atoms with Gasteiger partial charge in [-0.2, -0.15) is 0 Å². The van der Waals surface area contributed by atoms with Gasteiger partial charge in [0.2, 0.25) is 11.8 Å². The lowest BCUT2D eigenvalue weighted by Gasteiger charge is -2.32. The van der Waals surface area contributed by atoms with Crippen molar-refractivity contribution in [2.24, 2.45) is 0 Å². The standard InChI is InChI=1S/C31H38FN3O5S2/c1-5-7-20-33-31(37)23(3)34(21-24-8-10-25(32)11-9-24)30(36)22-35(26-12-14-27(15-13-26)40-6-2)42(38,39)29-18-16-28(41-4)17-19-29/h8-19,23H,5-7,20-22H2,1-4H3,(H,33,37). The lowest BCUT2D eigenvalue weighted by atomic mass is 10.1. The smallest absolute Gasteiger partial charge is 0.264 e. The first-order valence-electron chi connectivity index (χ1n) is 13.8. The highest BCUT2D eigenvalue weighted by Crippen LogP contribution is 2.28. The van der Waals surface area contributed by atoms with Gasteiger partial charge in [0.1, 0.15) is 24.2 Å². The Morgan fingerprint density at radius 2 is 1.62 bits per heavy atom. The van der Waals surface area contributed by atoms with Gasteiger partial charge in [-0.15, -0.1) is 11.8 Å². The minimum Gasteiger partial charge on any atom is -0.494 e. The lowest BCUT2D eigenvalue weighted by Crippen LogP contribution is -2.51. The van der Waals surface area contributed by atoms with Crippen molar-refractivity contribution in [3.63, 3.8) is 0 Å². The van der Waals surface area contributed by atoms with Gasteiger partial charge in [0.25, 0.3) is 10.0 Å². The van der Waals surface area contributed by atoms with E-state index in [4.69, 9.17) is 4.74 Å². The molecule has 1 N–H and O–H groups in total. The van der Waals surface area contributed by atoms with Crippen molar-refractivity contribution in [2.75, 3.05) is 30.3 Å². The number of unbranched alkanes of at least 4 members (excludes halogenated alkanes) is 1. The van der Waals surface area contributed by atoms with Crippen molar-refractivity contribution in [3.05, 3.63) is 84.2 Å². The van der Waals surface area contributed by atoms with Crippen LogP contribution < -0.4 is 14.4 Å². The molecule has 0 spiro atoms. The van der Waals surface area contributed by atoms with Crippen molar-refractivity contribution in [3.8, 4) is 5.75 Å². The molecule has 0 aliphatic rings. The summed E-state index contributed by atoms with van der Waals surface area (Å²) in [6, 6.07) is 17.6. The number of thioether (sulfide) groups is 1. The molecule has 226 valence electrons. The van der Waals surface area contributed by atoms with Gasteiger partial charge >= 0.3 is 0 Å². The second kappa shape index (κ2) is 15.6. The Hall–Kier alpha value is -3.57. The Kier molecular flexibility index (Phi) is 12.2. The number of hydrogen-bond donors (Lipinski definition) is 1. The number of sulfonamides is 1. The minimum absolute atomic E-state index is 0.0128. The Balaban J connectivity index is 2.00. The zero-order chi connectivity index (χ0) is 30.7. The summed E-state index contributed by atoms with van der Waals surface area (Å²) in [4.78, 5) is 29.2. The average molecular weight is 616 g/mol. The molecule has 0 fully saturated rings. The number of ether oxygens (including phenoxy) is 1. The van der Waals surface area contributed by atoms with E-state index in [0.717, 1.165) is 22.0 Å². The molecule has 0 heterocycles. The largest absolute Gasteiger partial charge is 0.494 e. The number of rotatable bonds is 15. The van der Waals surface area contributed by atoms with Crippen molar-refractivity contribution >= 4 is 39.3 Å². The zero-order valence-corrected chi connectivity index (χ0v) is 26.0. The summed E-state index contributed by atoms with van der Waals surface area (Å²) in [5.41, 5.74) is 0.864. The second-order valence-electron chi connectivity index (χ2n) is 9.58. The first-order chi connectivity index (χ1) is 20.1. The minimum atomic E-state index is -4.19. The molecule has 0 radical (unpaired) electrons. The topological polar surface area (TPSA) is 96.0 Å². The van der Waals surface area contributed by atoms with Crippen LogP contribution in [0.2, 0.25) is 0 Å². The maximum atomic E-state index is 14.0. The first kappa shape index (κ1) is 32.9. The number of hydrogen-bond acceptors (Lipinski definition) is 6. The Bertz CT molecular complexity index is 1420. The van der Waals surface area contributed by atoms with E-state index in [0.29, 0.717) is 24.5 Å². The maximum absolute atomic E-state index is 14.0. The van der Waals surface area contributed by atoms with Crippen LogP contribution in [0.25, 0.3) is 0 Å². The van der Waals surface area contributed by atoms with Gasteiger partial charge in [0.05, 0.1) is 17.2 Å². The number of nitrogens with zero attached hydrogens (tertiary/aromatic N) is 2. The van der Waals surface area contributed by atoms with Gasteiger partial charge < -0.3 is 15.0 Å². The number of anilines is 1. The zero-order valence-electron chi connectivity index (χ0n) is 24.4. The Labute approximate surface area is 252 Å². The van der Waals surface area contributed by atoms with Gasteiger partial charge in [-0.05, 0) is 92.8 Å². The number of halogens is 1. The quantitative estimate of drug-likeness (QED) is 0.180. The van der Waals surface area contributed by atoms with E-state index >= 15 is 0 Å². The van der Waals surface area contributed by atoms with E-state index in [9.17, 15) is 22.4 Å². The third kappa shape index (κ3) is 8.72. The fraction of sp³-hybridized carbons (Fsp3) is 0.355. The monoisotopic (exact) mass is 615 g/mol. The molecule has 0 aliphatic carbocycles. The van der Waals surface area contributed by atoms with Crippen LogP contribution in [0.1, 0.15) is 39.2 Å². The van der Waals surface area contributed by atoms with Crippen LogP contribution in [0, 0.1) is 5.82 Å². The van der Waals surface area contributed by atoms with E-state index in [2.05, 4.69) is 5.32 Å². The molecule has 0 bridgehead atoms. The first-order valence-corrected chi connectivity index (χ1v) is 16.5. The van der Waals surface area contributed by atoms with Crippen LogP contribution >= 0.6 is 11.8 Å². The van der Waals surface area contributed by atoms with Gasteiger partial charge in [0.15, 0.2) is 0 Å². The van der Waals surface area contributed by atoms with E-state index in [1.54, 1.807) is 43.3 Å². The molecule has 3 rings (SSSR count). The Morgan fingerprint density at radius 1 is 0.976 bits per heavy atom. The highest BCUT2D eigenvalue weighted by molar-refractivity contribution is 7.98. The fourth-order valence-corrected chi connectivity index (χ4v) is 6.01. The van der Waals surface area contributed by atoms with Crippen LogP contribution in [-0.4, -0.2) is 57.1 Å². The summed E-state index contributed by atoms with van der Waals surface area (Å²) < 4.78 is 48.1. The molecule has 0 aliphatic heterocycles. The van der Waals surface area contributed by atoms with Crippen LogP contribution in [0.15, 0.2) is 82.6 Å². The van der Waals surface area contributed by atoms with E-state index in [1.807, 2.05) is 20.1 Å². The number of nitrogens with one attached hydrogen (secondary N) is 1. The molecule has 2 amide bonds. The summed E-state index contributed by atoms with van der Waals surface area (Å²) >= 11 is 1.48. The number of benzene rings is 3. The summed E-state index contributed by atoms with van der Waals surface area (Å²) in [6.45, 7) is 5.77. The Morgan fingerprint density at radius 3 is 2.19 bits per heavy atom. The fourth-order valence-electron chi connectivity index (χ4n) is 4.18. The lowest BCUT2D eigenvalue weighted by molar-refractivity contribution is -0.139. The molecule has 3 aromatic carbocycles. The highest BCUT2D eigenvalue weighted by atomic mass is 32.2. The summed E-state index contributed by atoms with van der Waals surface area (Å²) in [6.07, 6.45) is 3.56. The van der Waals surface area contributed by atoms with Gasteiger partial charge in [0, 0.05) is 18.0 Å². The van der Waals surface area contributed by atoms with E-state index < -0.39 is 34.3 Å². The summed E-state index contributed by atoms with van der Waals surface area (Å²) in [5.74, 6) is -0.815. The molecule has 11 heteroatoms. The predicted octanol–water partition coefficient (Wildman–Crippen LogP) is 5.48. The molecule has 1 unspecified atom stereocenters. The van der Waals surface area contributed by atoms with Crippen LogP contribution in [0.4, 0.5) is 10.1 Å². The van der Waals surface area contributed by atoms with Crippen molar-refractivity contribution in [1.29, 1.82) is 0 Å². The van der Waals surface area contributed by atoms with Crippen LogP contribution in [-0.2, 0) is 26.2 Å². The van der Waals surface area contributed by atoms with Gasteiger partial charge in [-0.25, -0.2) is 12.8 Å². The number of carbonyl (C=O) groups is 2. The van der Waals surface area contributed by atoms with E-state index in [-0.39, 0.29) is 23.0 Å². The molecule has 3 aromatic rings. The van der Waals surface area contributed by atoms with E-state index in [1.165, 1.54) is 53.1 Å². The van der Waals surface area contributed by atoms with Gasteiger partial charge in [-0.1, -0.05) is 25.5 Å². The van der Waals surface area contributed by atoms with Crippen molar-refractivity contribution in [2.45, 2.75) is 56.0 Å². The molecule has 0 saturated carbocycles. The third-order valence-corrected chi connectivity index (χ3v) is 9.16. The van der Waals surface area contributed by atoms with Crippen molar-refractivity contribution < 1.29 is 27.1 Å². The normalized spacial score (nSPS) is 11.9. The number of carbonyl (C=O) groups excluding carboxylic acids is 2. The highest BCUT2D eigenvalue weighted by Gasteiger charge is 2.32. The molecular weight excluding hydrogens is 577 g/mol. The average Bonchev–Trinajstić information content (AvgIpc) is 2.99. The number of amides is 2. The third-order valence-electron chi connectivity index (χ3n) is 6.63. The molecule has 42 heavy (non-hydrogen) atoms. The molecule has 0 saturated heterocycles. The maximum Gasteiger partial charge on any atom is 0.264 e.